The zero-order valence-electron chi connectivity index (χ0n) is 16.0. The summed E-state index contributed by atoms with van der Waals surface area (Å²) in [5.41, 5.74) is 8.09. The van der Waals surface area contributed by atoms with Crippen LogP contribution in [0.25, 0.3) is 0 Å². The van der Waals surface area contributed by atoms with Crippen LogP contribution in [0.4, 0.5) is 5.69 Å². The van der Waals surface area contributed by atoms with E-state index in [0.29, 0.717) is 12.2 Å². The van der Waals surface area contributed by atoms with Gasteiger partial charge in [0, 0.05) is 18.6 Å². The van der Waals surface area contributed by atoms with Gasteiger partial charge in [-0.1, -0.05) is 48.5 Å². The average Bonchev–Trinajstić information content (AvgIpc) is 3.15. The second-order valence-corrected chi connectivity index (χ2v) is 8.86. The van der Waals surface area contributed by atoms with Gasteiger partial charge in [-0.25, -0.2) is 13.8 Å². The number of anilines is 1. The lowest BCUT2D eigenvalue weighted by molar-refractivity contribution is -0.121. The Morgan fingerprint density at radius 3 is 2.32 bits per heavy atom. The fraction of sp³-hybridized carbons (Fsp3) is 0.350. The molecule has 3 atom stereocenters. The van der Waals surface area contributed by atoms with E-state index in [0.717, 1.165) is 17.0 Å². The molecule has 1 heterocycles. The van der Waals surface area contributed by atoms with Gasteiger partial charge in [-0.15, -0.1) is 0 Å². The zero-order chi connectivity index (χ0) is 20.1. The highest BCUT2D eigenvalue weighted by molar-refractivity contribution is 7.92. The summed E-state index contributed by atoms with van der Waals surface area (Å²) in [5.74, 6) is -0.334. The number of carbonyl (C=O) groups excluding carboxylic acids is 1. The van der Waals surface area contributed by atoms with Gasteiger partial charge in [0.15, 0.2) is 0 Å². The number of rotatable bonds is 7. The summed E-state index contributed by atoms with van der Waals surface area (Å²) in [6.45, 7) is 2.00. The van der Waals surface area contributed by atoms with E-state index in [-0.39, 0.29) is 18.0 Å². The first-order valence-corrected chi connectivity index (χ1v) is 11.1. The molecular formula is C20H26N4O3S. The molecule has 1 amide bonds. The molecular weight excluding hydrogens is 376 g/mol. The molecule has 0 spiro atoms. The largest absolute Gasteiger partial charge is 0.353 e. The van der Waals surface area contributed by atoms with Crippen molar-refractivity contribution in [1.82, 2.24) is 16.2 Å². The van der Waals surface area contributed by atoms with Crippen LogP contribution >= 0.6 is 0 Å². The first-order valence-electron chi connectivity index (χ1n) is 9.24. The minimum absolute atomic E-state index is 0.0600. The SMILES string of the molecule is CC(C(=O)NCC1CC(c2ccccc2)NN1)N(c1ccccc1)S(C)(=O)=O. The number of para-hydroxylation sites is 1. The highest BCUT2D eigenvalue weighted by atomic mass is 32.2. The molecule has 3 N–H and O–H groups in total. The summed E-state index contributed by atoms with van der Waals surface area (Å²) in [6.07, 6.45) is 1.93. The topological polar surface area (TPSA) is 90.5 Å². The van der Waals surface area contributed by atoms with E-state index in [1.165, 1.54) is 5.56 Å². The number of nitrogens with zero attached hydrogens (tertiary/aromatic N) is 1. The van der Waals surface area contributed by atoms with Gasteiger partial charge < -0.3 is 5.32 Å². The van der Waals surface area contributed by atoms with Crippen molar-refractivity contribution < 1.29 is 13.2 Å². The molecule has 2 aromatic carbocycles. The molecule has 150 valence electrons. The molecule has 1 aliphatic heterocycles. The third kappa shape index (κ3) is 4.89. The van der Waals surface area contributed by atoms with Crippen LogP contribution in [-0.2, 0) is 14.8 Å². The fourth-order valence-electron chi connectivity index (χ4n) is 3.42. The van der Waals surface area contributed by atoms with Crippen LogP contribution in [0.15, 0.2) is 60.7 Å². The Morgan fingerprint density at radius 1 is 1.11 bits per heavy atom. The van der Waals surface area contributed by atoms with Crippen molar-refractivity contribution in [3.8, 4) is 0 Å². The minimum Gasteiger partial charge on any atom is -0.353 e. The van der Waals surface area contributed by atoms with Crippen molar-refractivity contribution in [3.05, 3.63) is 66.2 Å². The van der Waals surface area contributed by atoms with Crippen molar-refractivity contribution in [3.63, 3.8) is 0 Å². The Kier molecular flexibility index (Phi) is 6.33. The predicted molar refractivity (Wildman–Crippen MR) is 110 cm³/mol. The lowest BCUT2D eigenvalue weighted by Gasteiger charge is -2.28. The van der Waals surface area contributed by atoms with Crippen molar-refractivity contribution in [2.45, 2.75) is 31.5 Å². The summed E-state index contributed by atoms with van der Waals surface area (Å²) in [7, 11) is -3.60. The molecule has 7 nitrogen and oxygen atoms in total. The maximum atomic E-state index is 12.6. The molecule has 0 aliphatic carbocycles. The Morgan fingerprint density at radius 2 is 1.71 bits per heavy atom. The summed E-state index contributed by atoms with van der Waals surface area (Å²) in [4.78, 5) is 12.6. The van der Waals surface area contributed by atoms with E-state index >= 15 is 0 Å². The van der Waals surface area contributed by atoms with Gasteiger partial charge in [0.2, 0.25) is 15.9 Å². The molecule has 1 aliphatic rings. The van der Waals surface area contributed by atoms with Crippen molar-refractivity contribution in [1.29, 1.82) is 0 Å². The molecule has 3 rings (SSSR count). The predicted octanol–water partition coefficient (Wildman–Crippen LogP) is 1.57. The van der Waals surface area contributed by atoms with Gasteiger partial charge in [0.25, 0.3) is 0 Å². The lowest BCUT2D eigenvalue weighted by atomic mass is 10.0. The molecule has 2 aromatic rings. The Labute approximate surface area is 166 Å². The number of amides is 1. The van der Waals surface area contributed by atoms with Crippen LogP contribution in [0.5, 0.6) is 0 Å². The summed E-state index contributed by atoms with van der Waals surface area (Å²) >= 11 is 0. The third-order valence-electron chi connectivity index (χ3n) is 4.81. The number of nitrogens with one attached hydrogen (secondary N) is 3. The molecule has 0 radical (unpaired) electrons. The molecule has 1 fully saturated rings. The molecule has 28 heavy (non-hydrogen) atoms. The first kappa shape index (κ1) is 20.3. The second kappa shape index (κ2) is 8.72. The minimum atomic E-state index is -3.60. The number of hydrazine groups is 1. The monoisotopic (exact) mass is 402 g/mol. The number of carbonyl (C=O) groups is 1. The van der Waals surface area contributed by atoms with E-state index < -0.39 is 16.1 Å². The summed E-state index contributed by atoms with van der Waals surface area (Å²) < 4.78 is 25.7. The quantitative estimate of drug-likeness (QED) is 0.654. The lowest BCUT2D eigenvalue weighted by Crippen LogP contribution is -2.50. The fourth-order valence-corrected chi connectivity index (χ4v) is 4.59. The first-order chi connectivity index (χ1) is 13.4. The van der Waals surface area contributed by atoms with Crippen LogP contribution in [0.1, 0.15) is 24.9 Å². The highest BCUT2D eigenvalue weighted by Crippen LogP contribution is 2.22. The number of sulfonamides is 1. The van der Waals surface area contributed by atoms with E-state index in [4.69, 9.17) is 0 Å². The molecule has 0 aromatic heterocycles. The molecule has 0 saturated carbocycles. The van der Waals surface area contributed by atoms with Crippen molar-refractivity contribution in [2.75, 3.05) is 17.1 Å². The van der Waals surface area contributed by atoms with Crippen LogP contribution < -0.4 is 20.5 Å². The van der Waals surface area contributed by atoms with Gasteiger partial charge in [-0.2, -0.15) is 0 Å². The number of hydrogen-bond donors (Lipinski definition) is 3. The maximum absolute atomic E-state index is 12.6. The van der Waals surface area contributed by atoms with Gasteiger partial charge in [0.05, 0.1) is 11.9 Å². The van der Waals surface area contributed by atoms with E-state index in [1.54, 1.807) is 37.3 Å². The Bertz CT molecular complexity index is 890. The molecule has 8 heteroatoms. The Balaban J connectivity index is 1.59. The van der Waals surface area contributed by atoms with Crippen molar-refractivity contribution in [2.24, 2.45) is 0 Å². The zero-order valence-corrected chi connectivity index (χ0v) is 16.8. The third-order valence-corrected chi connectivity index (χ3v) is 6.05. The highest BCUT2D eigenvalue weighted by Gasteiger charge is 2.30. The maximum Gasteiger partial charge on any atom is 0.243 e. The molecule has 1 saturated heterocycles. The Hall–Kier alpha value is -2.42. The molecule has 3 unspecified atom stereocenters. The van der Waals surface area contributed by atoms with Gasteiger partial charge in [0.1, 0.15) is 6.04 Å². The van der Waals surface area contributed by atoms with Crippen molar-refractivity contribution >= 4 is 21.6 Å². The van der Waals surface area contributed by atoms with Crippen LogP contribution in [0.3, 0.4) is 0 Å². The van der Waals surface area contributed by atoms with Gasteiger partial charge >= 0.3 is 0 Å². The normalized spacial score (nSPS) is 20.5. The standard InChI is InChI=1S/C20H26N4O3S/c1-15(24(28(2,26)27)18-11-7-4-8-12-18)20(25)21-14-17-13-19(23-22-17)16-9-5-3-6-10-16/h3-12,15,17,19,22-23H,13-14H2,1-2H3,(H,21,25). The van der Waals surface area contributed by atoms with Gasteiger partial charge in [-0.3, -0.25) is 14.5 Å². The smallest absolute Gasteiger partial charge is 0.243 e. The van der Waals surface area contributed by atoms with Gasteiger partial charge in [-0.05, 0) is 31.0 Å². The van der Waals surface area contributed by atoms with Crippen LogP contribution in [-0.4, -0.2) is 39.2 Å². The summed E-state index contributed by atoms with van der Waals surface area (Å²) in [6, 6.07) is 18.1. The second-order valence-electron chi connectivity index (χ2n) is 7.00. The van der Waals surface area contributed by atoms with E-state index in [1.807, 2.05) is 18.2 Å². The average molecular weight is 403 g/mol. The van der Waals surface area contributed by atoms with Crippen LogP contribution in [0, 0.1) is 0 Å². The van der Waals surface area contributed by atoms with Crippen LogP contribution in [0.2, 0.25) is 0 Å². The van der Waals surface area contributed by atoms with E-state index in [2.05, 4.69) is 28.3 Å². The van der Waals surface area contributed by atoms with E-state index in [9.17, 15) is 13.2 Å². The number of benzene rings is 2. The summed E-state index contributed by atoms with van der Waals surface area (Å²) in [5, 5.41) is 2.87. The molecule has 0 bridgehead atoms. The number of hydrogen-bond acceptors (Lipinski definition) is 5.